The summed E-state index contributed by atoms with van der Waals surface area (Å²) >= 11 is 0. The van der Waals surface area contributed by atoms with Crippen LogP contribution in [0.5, 0.6) is 0 Å². The van der Waals surface area contributed by atoms with Crippen molar-refractivity contribution < 1.29 is 4.39 Å². The standard InChI is InChI=1S/C14H24FN3/c1-3-4-9-18-14(17-2)12-7-5-11(6-8-12)13(15)10-16/h7,9,11,13H,3-6,8,10,16H2,1-2H3. The minimum Gasteiger partial charge on any atom is -0.328 e. The van der Waals surface area contributed by atoms with E-state index in [-0.39, 0.29) is 12.5 Å². The zero-order valence-electron chi connectivity index (χ0n) is 11.4. The number of halogens is 1. The Labute approximate surface area is 109 Å². The van der Waals surface area contributed by atoms with E-state index in [1.807, 2.05) is 6.21 Å². The zero-order valence-corrected chi connectivity index (χ0v) is 11.4. The molecular formula is C14H24FN3. The van der Waals surface area contributed by atoms with Gasteiger partial charge in [-0.2, -0.15) is 0 Å². The summed E-state index contributed by atoms with van der Waals surface area (Å²) in [6.07, 6.45) is 7.59. The van der Waals surface area contributed by atoms with Crippen LogP contribution in [0.3, 0.4) is 0 Å². The second-order valence-corrected chi connectivity index (χ2v) is 4.66. The van der Waals surface area contributed by atoms with Crippen molar-refractivity contribution in [2.75, 3.05) is 13.6 Å². The average molecular weight is 253 g/mol. The van der Waals surface area contributed by atoms with Crippen LogP contribution in [0.1, 0.15) is 39.0 Å². The van der Waals surface area contributed by atoms with Crippen molar-refractivity contribution in [2.24, 2.45) is 21.6 Å². The SMILES string of the molecule is CCCC=NC(=NC)C1=CCC(C(F)CN)CC1. The van der Waals surface area contributed by atoms with Crippen molar-refractivity contribution in [1.29, 1.82) is 0 Å². The second kappa shape index (κ2) is 8.14. The molecule has 2 N–H and O–H groups in total. The number of alkyl halides is 1. The third kappa shape index (κ3) is 4.33. The summed E-state index contributed by atoms with van der Waals surface area (Å²) in [6.45, 7) is 2.24. The second-order valence-electron chi connectivity index (χ2n) is 4.66. The highest BCUT2D eigenvalue weighted by Gasteiger charge is 2.23. The van der Waals surface area contributed by atoms with Crippen molar-refractivity contribution in [1.82, 2.24) is 0 Å². The van der Waals surface area contributed by atoms with Gasteiger partial charge >= 0.3 is 0 Å². The van der Waals surface area contributed by atoms with Gasteiger partial charge in [-0.1, -0.05) is 19.4 Å². The number of nitrogens with zero attached hydrogens (tertiary/aromatic N) is 2. The minimum absolute atomic E-state index is 0.0662. The van der Waals surface area contributed by atoms with Crippen molar-refractivity contribution in [2.45, 2.75) is 45.2 Å². The smallest absolute Gasteiger partial charge is 0.149 e. The Kier molecular flexibility index (Phi) is 6.80. The van der Waals surface area contributed by atoms with Gasteiger partial charge in [-0.25, -0.2) is 9.38 Å². The summed E-state index contributed by atoms with van der Waals surface area (Å²) in [6, 6.07) is 0. The monoisotopic (exact) mass is 253 g/mol. The molecule has 2 unspecified atom stereocenters. The van der Waals surface area contributed by atoms with Gasteiger partial charge in [-0.15, -0.1) is 0 Å². The number of amidine groups is 1. The molecule has 4 heteroatoms. The van der Waals surface area contributed by atoms with Gasteiger partial charge < -0.3 is 5.73 Å². The van der Waals surface area contributed by atoms with Gasteiger partial charge in [0.15, 0.2) is 0 Å². The predicted molar refractivity (Wildman–Crippen MR) is 76.1 cm³/mol. The first-order chi connectivity index (χ1) is 8.72. The van der Waals surface area contributed by atoms with Crippen LogP contribution >= 0.6 is 0 Å². The van der Waals surface area contributed by atoms with Crippen molar-refractivity contribution in [3.8, 4) is 0 Å². The normalized spacial score (nSPS) is 23.2. The molecule has 0 radical (unpaired) electrons. The van der Waals surface area contributed by atoms with Crippen molar-refractivity contribution in [3.63, 3.8) is 0 Å². The maximum absolute atomic E-state index is 13.5. The van der Waals surface area contributed by atoms with E-state index in [2.05, 4.69) is 23.0 Å². The van der Waals surface area contributed by atoms with Gasteiger partial charge in [-0.05, 0) is 37.2 Å². The Hall–Kier alpha value is -1.03. The Bertz CT molecular complexity index is 334. The van der Waals surface area contributed by atoms with Gasteiger partial charge in [-0.3, -0.25) is 4.99 Å². The molecule has 0 fully saturated rings. The number of nitrogens with two attached hydrogens (primary N) is 1. The fraction of sp³-hybridized carbons (Fsp3) is 0.714. The zero-order chi connectivity index (χ0) is 13.4. The lowest BCUT2D eigenvalue weighted by Crippen LogP contribution is -2.26. The highest BCUT2D eigenvalue weighted by Crippen LogP contribution is 2.28. The molecule has 0 aromatic rings. The summed E-state index contributed by atoms with van der Waals surface area (Å²) in [4.78, 5) is 8.59. The predicted octanol–water partition coefficient (Wildman–Crippen LogP) is 2.91. The maximum atomic E-state index is 13.5. The first-order valence-corrected chi connectivity index (χ1v) is 6.75. The number of allylic oxidation sites excluding steroid dienone is 1. The van der Waals surface area contributed by atoms with Gasteiger partial charge in [0.05, 0.1) is 0 Å². The third-order valence-corrected chi connectivity index (χ3v) is 3.32. The molecule has 1 aliphatic rings. The number of hydrogen-bond acceptors (Lipinski definition) is 2. The van der Waals surface area contributed by atoms with E-state index in [0.717, 1.165) is 43.5 Å². The Morgan fingerprint density at radius 1 is 1.67 bits per heavy atom. The summed E-state index contributed by atoms with van der Waals surface area (Å²) in [5, 5.41) is 0. The van der Waals surface area contributed by atoms with Gasteiger partial charge in [0.2, 0.25) is 0 Å². The summed E-state index contributed by atoms with van der Waals surface area (Å²) in [5.41, 5.74) is 6.51. The van der Waals surface area contributed by atoms with Gasteiger partial charge in [0, 0.05) is 19.8 Å². The Morgan fingerprint density at radius 2 is 2.44 bits per heavy atom. The average Bonchev–Trinajstić information content (AvgIpc) is 2.43. The van der Waals surface area contributed by atoms with Gasteiger partial charge in [0.25, 0.3) is 0 Å². The van der Waals surface area contributed by atoms with Crippen LogP contribution in [0.2, 0.25) is 0 Å². The molecule has 0 saturated carbocycles. The first-order valence-electron chi connectivity index (χ1n) is 6.75. The first kappa shape index (κ1) is 15.0. The number of rotatable bonds is 5. The van der Waals surface area contributed by atoms with Crippen LogP contribution in [0, 0.1) is 5.92 Å². The molecule has 1 aliphatic carbocycles. The van der Waals surface area contributed by atoms with E-state index >= 15 is 0 Å². The summed E-state index contributed by atoms with van der Waals surface area (Å²) in [5.74, 6) is 0.863. The lowest BCUT2D eigenvalue weighted by Gasteiger charge is -2.23. The van der Waals surface area contributed by atoms with E-state index < -0.39 is 6.17 Å². The Balaban J connectivity index is 2.60. The lowest BCUT2D eigenvalue weighted by atomic mass is 9.86. The van der Waals surface area contributed by atoms with Crippen LogP contribution in [0.15, 0.2) is 21.6 Å². The highest BCUT2D eigenvalue weighted by molar-refractivity contribution is 6.02. The largest absolute Gasteiger partial charge is 0.328 e. The van der Waals surface area contributed by atoms with E-state index in [9.17, 15) is 4.39 Å². The molecule has 1 rings (SSSR count). The molecule has 0 aromatic carbocycles. The third-order valence-electron chi connectivity index (χ3n) is 3.32. The molecule has 0 heterocycles. The molecule has 2 atom stereocenters. The Morgan fingerprint density at radius 3 is 2.94 bits per heavy atom. The fourth-order valence-electron chi connectivity index (χ4n) is 2.14. The van der Waals surface area contributed by atoms with Gasteiger partial charge in [0.1, 0.15) is 12.0 Å². The van der Waals surface area contributed by atoms with Crippen LogP contribution in [0.4, 0.5) is 4.39 Å². The van der Waals surface area contributed by atoms with Crippen LogP contribution in [-0.4, -0.2) is 31.8 Å². The molecule has 0 aromatic heterocycles. The molecular weight excluding hydrogens is 229 g/mol. The molecule has 18 heavy (non-hydrogen) atoms. The molecule has 0 aliphatic heterocycles. The molecule has 0 saturated heterocycles. The molecule has 0 bridgehead atoms. The van der Waals surface area contributed by atoms with Crippen LogP contribution in [0.25, 0.3) is 0 Å². The van der Waals surface area contributed by atoms with E-state index in [1.54, 1.807) is 7.05 Å². The van der Waals surface area contributed by atoms with Crippen molar-refractivity contribution >= 4 is 12.1 Å². The minimum atomic E-state index is -0.881. The van der Waals surface area contributed by atoms with Crippen molar-refractivity contribution in [3.05, 3.63) is 11.6 Å². The topological polar surface area (TPSA) is 50.7 Å². The van der Waals surface area contributed by atoms with Crippen LogP contribution < -0.4 is 5.73 Å². The summed E-state index contributed by atoms with van der Waals surface area (Å²) < 4.78 is 13.5. The molecule has 0 amide bonds. The molecule has 3 nitrogen and oxygen atoms in total. The number of unbranched alkanes of at least 4 members (excludes halogenated alkanes) is 1. The fourth-order valence-corrected chi connectivity index (χ4v) is 2.14. The quantitative estimate of drug-likeness (QED) is 0.594. The lowest BCUT2D eigenvalue weighted by molar-refractivity contribution is 0.221. The van der Waals surface area contributed by atoms with E-state index in [4.69, 9.17) is 5.73 Å². The molecule has 0 spiro atoms. The number of aliphatic imine (C=N–C) groups is 2. The summed E-state index contributed by atoms with van der Waals surface area (Å²) in [7, 11) is 1.75. The highest BCUT2D eigenvalue weighted by atomic mass is 19.1. The molecule has 102 valence electrons. The van der Waals surface area contributed by atoms with Crippen LogP contribution in [-0.2, 0) is 0 Å². The van der Waals surface area contributed by atoms with E-state index in [0.29, 0.717) is 0 Å². The maximum Gasteiger partial charge on any atom is 0.149 e. The number of hydrogen-bond donors (Lipinski definition) is 1. The van der Waals surface area contributed by atoms with E-state index in [1.165, 1.54) is 0 Å².